The van der Waals surface area contributed by atoms with Crippen LogP contribution in [-0.2, 0) is 10.8 Å². The number of rotatable bonds is 8. The summed E-state index contributed by atoms with van der Waals surface area (Å²) in [7, 11) is -2.61. The van der Waals surface area contributed by atoms with Crippen LogP contribution in [0.4, 0.5) is 0 Å². The summed E-state index contributed by atoms with van der Waals surface area (Å²) in [6, 6.07) is 26.3. The van der Waals surface area contributed by atoms with E-state index >= 15 is 0 Å². The van der Waals surface area contributed by atoms with Crippen LogP contribution in [-0.4, -0.2) is 31.5 Å². The Labute approximate surface area is 201 Å². The highest BCUT2D eigenvalue weighted by molar-refractivity contribution is 6.99. The van der Waals surface area contributed by atoms with Crippen molar-refractivity contribution in [2.24, 2.45) is 0 Å². The van der Waals surface area contributed by atoms with Gasteiger partial charge in [-0.1, -0.05) is 88.4 Å². The number of nitrogens with one attached hydrogen (secondary N) is 1. The molecule has 0 aliphatic rings. The molecule has 0 amide bonds. The first-order chi connectivity index (χ1) is 16.3. The van der Waals surface area contributed by atoms with Gasteiger partial charge in [0.05, 0.1) is 12.1 Å². The Balaban J connectivity index is 1.57. The Bertz CT molecular complexity index is 1260. The van der Waals surface area contributed by atoms with E-state index in [1.165, 1.54) is 10.4 Å². The number of fused-ring (bicyclic) bond motifs is 1. The zero-order chi connectivity index (χ0) is 24.2. The first-order valence-electron chi connectivity index (χ1n) is 11.8. The van der Waals surface area contributed by atoms with E-state index in [9.17, 15) is 4.79 Å². The fourth-order valence-corrected chi connectivity index (χ4v) is 9.08. The first-order valence-corrected chi connectivity index (χ1v) is 13.7. The van der Waals surface area contributed by atoms with Crippen LogP contribution in [0.15, 0.2) is 83.7 Å². The number of benzene rings is 2. The minimum absolute atomic E-state index is 0.0960. The molecular weight excluding hydrogens is 440 g/mol. The van der Waals surface area contributed by atoms with Gasteiger partial charge in [-0.25, -0.2) is 4.98 Å². The summed E-state index contributed by atoms with van der Waals surface area (Å²) in [5.74, 6) is 0.424. The molecule has 176 valence electrons. The van der Waals surface area contributed by atoms with Gasteiger partial charge in [0.25, 0.3) is 8.32 Å². The van der Waals surface area contributed by atoms with Gasteiger partial charge in [0.1, 0.15) is 12.1 Å². The van der Waals surface area contributed by atoms with Gasteiger partial charge >= 0.3 is 0 Å². The van der Waals surface area contributed by atoms with Gasteiger partial charge in [0.15, 0.2) is 0 Å². The predicted molar refractivity (Wildman–Crippen MR) is 141 cm³/mol. The lowest BCUT2D eigenvalue weighted by molar-refractivity contribution is 0.204. The molecular formula is C28H32N2O3Si. The van der Waals surface area contributed by atoms with Crippen molar-refractivity contribution in [3.8, 4) is 5.88 Å². The smallest absolute Gasteiger partial charge is 0.261 e. The molecule has 2 heterocycles. The maximum absolute atomic E-state index is 12.4. The topological polar surface area (TPSA) is 64.2 Å². The van der Waals surface area contributed by atoms with Crippen molar-refractivity contribution in [1.82, 2.24) is 9.97 Å². The number of aryl methyl sites for hydroxylation is 1. The number of ether oxygens (including phenoxy) is 1. The van der Waals surface area contributed by atoms with Gasteiger partial charge in [-0.3, -0.25) is 4.79 Å². The summed E-state index contributed by atoms with van der Waals surface area (Å²) in [6.45, 7) is 9.52. The number of aromatic amines is 1. The van der Waals surface area contributed by atoms with Crippen molar-refractivity contribution in [2.75, 3.05) is 13.2 Å². The lowest BCUT2D eigenvalue weighted by atomic mass is 10.2. The molecule has 1 N–H and O–H groups in total. The maximum atomic E-state index is 12.4. The van der Waals surface area contributed by atoms with E-state index in [2.05, 4.69) is 79.3 Å². The molecule has 0 saturated carbocycles. The van der Waals surface area contributed by atoms with E-state index < -0.39 is 8.32 Å². The van der Waals surface area contributed by atoms with Gasteiger partial charge in [-0.2, -0.15) is 0 Å². The number of nitrogens with zero attached hydrogens (tertiary/aromatic N) is 1. The average molecular weight is 473 g/mol. The number of aromatic nitrogens is 2. The quantitative estimate of drug-likeness (QED) is 0.304. The summed E-state index contributed by atoms with van der Waals surface area (Å²) in [5, 5.41) is 2.37. The standard InChI is InChI=1S/C28H32N2O3Si/c1-5-21-20-25(31)27-24(29-21)16-17-26(30-27)32-18-19-33-34(28(2,3)4,22-12-8-6-9-13-22)23-14-10-7-11-15-23/h6-17,20H,5,18-19H2,1-4H3,(H,29,31). The molecule has 0 fully saturated rings. The zero-order valence-electron chi connectivity index (χ0n) is 20.3. The fraction of sp³-hybridized carbons (Fsp3) is 0.286. The molecule has 0 aliphatic carbocycles. The third-order valence-corrected chi connectivity index (χ3v) is 11.2. The van der Waals surface area contributed by atoms with Crippen molar-refractivity contribution in [1.29, 1.82) is 0 Å². The molecule has 4 rings (SSSR count). The monoisotopic (exact) mass is 472 g/mol. The van der Waals surface area contributed by atoms with Crippen molar-refractivity contribution in [2.45, 2.75) is 39.2 Å². The molecule has 5 nitrogen and oxygen atoms in total. The molecule has 0 saturated heterocycles. The van der Waals surface area contributed by atoms with Crippen LogP contribution in [0.25, 0.3) is 11.0 Å². The second kappa shape index (κ2) is 9.95. The molecule has 2 aromatic carbocycles. The molecule has 2 aromatic heterocycles. The second-order valence-electron chi connectivity index (χ2n) is 9.42. The van der Waals surface area contributed by atoms with Crippen LogP contribution in [0.2, 0.25) is 5.04 Å². The molecule has 0 unspecified atom stereocenters. The third kappa shape index (κ3) is 4.69. The summed E-state index contributed by atoms with van der Waals surface area (Å²) in [5.41, 5.74) is 1.91. The fourth-order valence-electron chi connectivity index (χ4n) is 4.54. The van der Waals surface area contributed by atoms with E-state index in [4.69, 9.17) is 9.16 Å². The zero-order valence-corrected chi connectivity index (χ0v) is 21.3. The molecule has 0 bridgehead atoms. The van der Waals surface area contributed by atoms with Gasteiger partial charge in [-0.15, -0.1) is 0 Å². The van der Waals surface area contributed by atoms with Gasteiger partial charge in [0, 0.05) is 17.8 Å². The lowest BCUT2D eigenvalue weighted by Crippen LogP contribution is -2.66. The summed E-state index contributed by atoms with van der Waals surface area (Å²) >= 11 is 0. The Morgan fingerprint density at radius 3 is 2.06 bits per heavy atom. The number of hydrogen-bond donors (Lipinski definition) is 1. The van der Waals surface area contributed by atoms with Crippen LogP contribution >= 0.6 is 0 Å². The van der Waals surface area contributed by atoms with E-state index in [1.54, 1.807) is 12.1 Å². The Morgan fingerprint density at radius 1 is 0.882 bits per heavy atom. The van der Waals surface area contributed by atoms with Crippen LogP contribution in [0, 0.1) is 0 Å². The Morgan fingerprint density at radius 2 is 1.50 bits per heavy atom. The average Bonchev–Trinajstić information content (AvgIpc) is 2.84. The minimum atomic E-state index is -2.61. The minimum Gasteiger partial charge on any atom is -0.475 e. The summed E-state index contributed by atoms with van der Waals surface area (Å²) in [6.07, 6.45) is 0.767. The highest BCUT2D eigenvalue weighted by Gasteiger charge is 2.50. The highest BCUT2D eigenvalue weighted by Crippen LogP contribution is 2.36. The SMILES string of the molecule is CCc1cc(=O)c2nc(OCCO[Si](c3ccccc3)(c3ccccc3)C(C)(C)C)ccc2[nH]1. The van der Waals surface area contributed by atoms with Crippen molar-refractivity contribution >= 4 is 29.7 Å². The summed E-state index contributed by atoms with van der Waals surface area (Å²) < 4.78 is 12.8. The Kier molecular flexibility index (Phi) is 7.00. The first kappa shape index (κ1) is 23.9. The van der Waals surface area contributed by atoms with Crippen LogP contribution < -0.4 is 20.5 Å². The summed E-state index contributed by atoms with van der Waals surface area (Å²) in [4.78, 5) is 20.1. The van der Waals surface area contributed by atoms with Gasteiger partial charge in [0.2, 0.25) is 11.3 Å². The van der Waals surface area contributed by atoms with Crippen LogP contribution in [0.5, 0.6) is 5.88 Å². The number of pyridine rings is 2. The number of H-pyrrole nitrogens is 1. The van der Waals surface area contributed by atoms with E-state index in [0.717, 1.165) is 17.6 Å². The van der Waals surface area contributed by atoms with Crippen molar-refractivity contribution in [3.05, 3.63) is 94.8 Å². The third-order valence-electron chi connectivity index (χ3n) is 6.15. The highest BCUT2D eigenvalue weighted by atomic mass is 28.4. The van der Waals surface area contributed by atoms with Crippen LogP contribution in [0.3, 0.4) is 0 Å². The lowest BCUT2D eigenvalue weighted by Gasteiger charge is -2.43. The van der Waals surface area contributed by atoms with Gasteiger partial charge < -0.3 is 14.1 Å². The van der Waals surface area contributed by atoms with Crippen LogP contribution in [0.1, 0.15) is 33.4 Å². The number of hydrogen-bond acceptors (Lipinski definition) is 4. The second-order valence-corrected chi connectivity index (χ2v) is 13.7. The Hall–Kier alpha value is -3.22. The van der Waals surface area contributed by atoms with E-state index in [-0.39, 0.29) is 10.5 Å². The molecule has 0 spiro atoms. The maximum Gasteiger partial charge on any atom is 0.261 e. The molecule has 0 aliphatic heterocycles. The van der Waals surface area contributed by atoms with E-state index in [0.29, 0.717) is 24.6 Å². The van der Waals surface area contributed by atoms with Crippen molar-refractivity contribution in [3.63, 3.8) is 0 Å². The largest absolute Gasteiger partial charge is 0.475 e. The molecule has 6 heteroatoms. The van der Waals surface area contributed by atoms with E-state index in [1.807, 2.05) is 25.1 Å². The molecule has 0 radical (unpaired) electrons. The molecule has 34 heavy (non-hydrogen) atoms. The predicted octanol–water partition coefficient (Wildman–Crippen LogP) is 4.44. The normalized spacial score (nSPS) is 12.1. The van der Waals surface area contributed by atoms with Crippen molar-refractivity contribution < 1.29 is 9.16 Å². The molecule has 4 aromatic rings. The van der Waals surface area contributed by atoms with Gasteiger partial charge in [-0.05, 0) is 27.9 Å². The molecule has 0 atom stereocenters.